The Balaban J connectivity index is 2.83. The van der Waals surface area contributed by atoms with Crippen LogP contribution in [0.4, 0.5) is 0 Å². The summed E-state index contributed by atoms with van der Waals surface area (Å²) in [7, 11) is 1.65. The molecule has 1 aromatic carbocycles. The molecule has 0 atom stereocenters. The van der Waals surface area contributed by atoms with Gasteiger partial charge in [-0.05, 0) is 29.6 Å². The molecule has 60 valence electrons. The Hall–Kier alpha value is 0.150. The molecule has 0 bridgehead atoms. The minimum atomic E-state index is -0.580. The van der Waals surface area contributed by atoms with Crippen molar-refractivity contribution in [3.05, 3.63) is 24.3 Å². The summed E-state index contributed by atoms with van der Waals surface area (Å²) in [4.78, 5) is 0. The van der Waals surface area contributed by atoms with Crippen LogP contribution in [0.2, 0.25) is 0 Å². The fourth-order valence-electron chi connectivity index (χ4n) is 0.716. The van der Waals surface area contributed by atoms with E-state index in [1.807, 2.05) is 24.3 Å². The number of ether oxygens (including phenoxy) is 1. The van der Waals surface area contributed by atoms with Crippen LogP contribution in [-0.4, -0.2) is 7.11 Å². The summed E-state index contributed by atoms with van der Waals surface area (Å²) in [5.74, 6) is 0.868. The van der Waals surface area contributed by atoms with Crippen molar-refractivity contribution in [1.29, 1.82) is 0 Å². The summed E-state index contributed by atoms with van der Waals surface area (Å²) in [6.45, 7) is 0. The standard InChI is InChI=1S/C7H9OPS2/c1-8-6-2-4-7(5-3-6)9(10)11/h2-5,10-11H,1H3. The SMILES string of the molecule is COc1ccc(P(S)S)cc1. The predicted molar refractivity (Wildman–Crippen MR) is 57.5 cm³/mol. The van der Waals surface area contributed by atoms with Crippen LogP contribution in [0.1, 0.15) is 0 Å². The van der Waals surface area contributed by atoms with Gasteiger partial charge in [-0.3, -0.25) is 0 Å². The fraction of sp³-hybridized carbons (Fsp3) is 0.143. The van der Waals surface area contributed by atoms with Crippen LogP contribution in [0, 0.1) is 0 Å². The highest BCUT2D eigenvalue weighted by Crippen LogP contribution is 2.43. The highest BCUT2D eigenvalue weighted by atomic mass is 33.1. The van der Waals surface area contributed by atoms with Crippen LogP contribution in [0.3, 0.4) is 0 Å². The first-order chi connectivity index (χ1) is 5.24. The van der Waals surface area contributed by atoms with E-state index in [4.69, 9.17) is 4.74 Å². The molecule has 11 heavy (non-hydrogen) atoms. The zero-order valence-electron chi connectivity index (χ0n) is 6.06. The van der Waals surface area contributed by atoms with E-state index in [1.54, 1.807) is 7.11 Å². The van der Waals surface area contributed by atoms with Crippen molar-refractivity contribution in [3.8, 4) is 5.75 Å². The first kappa shape index (κ1) is 9.24. The molecule has 0 aliphatic heterocycles. The first-order valence-electron chi connectivity index (χ1n) is 3.06. The zero-order chi connectivity index (χ0) is 8.27. The molecule has 0 radical (unpaired) electrons. The van der Waals surface area contributed by atoms with E-state index < -0.39 is 6.33 Å². The molecule has 0 unspecified atom stereocenters. The minimum Gasteiger partial charge on any atom is -0.497 e. The molecule has 4 heteroatoms. The summed E-state index contributed by atoms with van der Waals surface area (Å²) in [6, 6.07) is 7.78. The van der Waals surface area contributed by atoms with Gasteiger partial charge >= 0.3 is 0 Å². The summed E-state index contributed by atoms with van der Waals surface area (Å²) in [5.41, 5.74) is 0. The molecule has 0 fully saturated rings. The largest absolute Gasteiger partial charge is 0.497 e. The third kappa shape index (κ3) is 2.58. The molecule has 1 rings (SSSR count). The number of hydrogen-bond donors (Lipinski definition) is 2. The highest BCUT2D eigenvalue weighted by Gasteiger charge is 1.98. The molecule has 0 spiro atoms. The van der Waals surface area contributed by atoms with Crippen molar-refractivity contribution in [2.24, 2.45) is 0 Å². The summed E-state index contributed by atoms with van der Waals surface area (Å²) in [5, 5.41) is 1.15. The van der Waals surface area contributed by atoms with E-state index in [2.05, 4.69) is 24.5 Å². The van der Waals surface area contributed by atoms with E-state index in [0.717, 1.165) is 11.1 Å². The van der Waals surface area contributed by atoms with Crippen LogP contribution >= 0.6 is 30.8 Å². The lowest BCUT2D eigenvalue weighted by Gasteiger charge is -2.04. The third-order valence-corrected chi connectivity index (χ3v) is 3.45. The summed E-state index contributed by atoms with van der Waals surface area (Å²) in [6.07, 6.45) is -0.580. The van der Waals surface area contributed by atoms with Gasteiger partial charge < -0.3 is 4.74 Å². The zero-order valence-corrected chi connectivity index (χ0v) is 8.74. The third-order valence-electron chi connectivity index (χ3n) is 1.30. The van der Waals surface area contributed by atoms with E-state index in [-0.39, 0.29) is 0 Å². The van der Waals surface area contributed by atoms with Gasteiger partial charge in [-0.25, -0.2) is 0 Å². The molecule has 0 aromatic heterocycles. The molecule has 0 amide bonds. The van der Waals surface area contributed by atoms with Gasteiger partial charge in [0.2, 0.25) is 0 Å². The van der Waals surface area contributed by atoms with Crippen LogP contribution in [-0.2, 0) is 0 Å². The Labute approximate surface area is 78.2 Å². The van der Waals surface area contributed by atoms with Gasteiger partial charge in [0.05, 0.1) is 7.11 Å². The van der Waals surface area contributed by atoms with E-state index in [1.165, 1.54) is 0 Å². The molecule has 0 saturated heterocycles. The van der Waals surface area contributed by atoms with Crippen molar-refractivity contribution in [1.82, 2.24) is 0 Å². The van der Waals surface area contributed by atoms with Crippen LogP contribution in [0.15, 0.2) is 24.3 Å². The maximum absolute atomic E-state index is 5.01. The Morgan fingerprint density at radius 3 is 2.09 bits per heavy atom. The maximum Gasteiger partial charge on any atom is 0.118 e. The maximum atomic E-state index is 5.01. The second-order valence-corrected chi connectivity index (χ2v) is 6.43. The predicted octanol–water partition coefficient (Wildman–Crippen LogP) is 2.49. The van der Waals surface area contributed by atoms with Gasteiger partial charge in [-0.1, -0.05) is 0 Å². The Morgan fingerprint density at radius 2 is 1.73 bits per heavy atom. The lowest BCUT2D eigenvalue weighted by Crippen LogP contribution is -1.93. The second-order valence-electron chi connectivity index (χ2n) is 1.99. The van der Waals surface area contributed by atoms with Crippen molar-refractivity contribution >= 4 is 36.1 Å². The molecular formula is C7H9OPS2. The van der Waals surface area contributed by atoms with Crippen molar-refractivity contribution in [2.75, 3.05) is 7.11 Å². The summed E-state index contributed by atoms with van der Waals surface area (Å²) < 4.78 is 5.01. The van der Waals surface area contributed by atoms with Gasteiger partial charge in [0.15, 0.2) is 0 Å². The molecule has 0 aliphatic carbocycles. The van der Waals surface area contributed by atoms with Gasteiger partial charge in [-0.15, -0.1) is 24.5 Å². The average molecular weight is 204 g/mol. The van der Waals surface area contributed by atoms with Gasteiger partial charge in [0.1, 0.15) is 5.75 Å². The molecular weight excluding hydrogens is 195 g/mol. The average Bonchev–Trinajstić information content (AvgIpc) is 2.05. The highest BCUT2D eigenvalue weighted by molar-refractivity contribution is 8.80. The van der Waals surface area contributed by atoms with E-state index in [9.17, 15) is 0 Å². The Bertz CT molecular complexity index is 222. The smallest absolute Gasteiger partial charge is 0.118 e. The van der Waals surface area contributed by atoms with Crippen molar-refractivity contribution < 1.29 is 4.74 Å². The van der Waals surface area contributed by atoms with Gasteiger partial charge in [0.25, 0.3) is 0 Å². The van der Waals surface area contributed by atoms with E-state index >= 15 is 0 Å². The number of thiol groups is 2. The number of benzene rings is 1. The molecule has 0 N–H and O–H groups in total. The lowest BCUT2D eigenvalue weighted by atomic mass is 10.3. The van der Waals surface area contributed by atoms with Crippen LogP contribution in [0.25, 0.3) is 0 Å². The molecule has 0 saturated carbocycles. The minimum absolute atomic E-state index is 0.580. The Morgan fingerprint density at radius 1 is 1.18 bits per heavy atom. The van der Waals surface area contributed by atoms with Gasteiger partial charge in [0, 0.05) is 6.33 Å². The monoisotopic (exact) mass is 204 g/mol. The topological polar surface area (TPSA) is 9.23 Å². The van der Waals surface area contributed by atoms with Crippen molar-refractivity contribution in [2.45, 2.75) is 0 Å². The summed E-state index contributed by atoms with van der Waals surface area (Å²) >= 11 is 8.48. The van der Waals surface area contributed by atoms with Gasteiger partial charge in [-0.2, -0.15) is 0 Å². The lowest BCUT2D eigenvalue weighted by molar-refractivity contribution is 0.415. The first-order valence-corrected chi connectivity index (χ1v) is 6.70. The molecule has 1 aromatic rings. The van der Waals surface area contributed by atoms with Crippen molar-refractivity contribution in [3.63, 3.8) is 0 Å². The molecule has 0 aliphatic rings. The number of hydrogen-bond acceptors (Lipinski definition) is 3. The number of rotatable bonds is 2. The van der Waals surface area contributed by atoms with E-state index in [0.29, 0.717) is 0 Å². The van der Waals surface area contributed by atoms with Crippen LogP contribution in [0.5, 0.6) is 5.75 Å². The number of methoxy groups -OCH3 is 1. The second kappa shape index (κ2) is 4.24. The normalized spacial score (nSPS) is 10.2. The quantitative estimate of drug-likeness (QED) is 0.556. The molecule has 0 heterocycles. The Kier molecular flexibility index (Phi) is 3.57. The van der Waals surface area contributed by atoms with Crippen LogP contribution < -0.4 is 10.0 Å². The molecule has 1 nitrogen and oxygen atoms in total. The fourth-order valence-corrected chi connectivity index (χ4v) is 1.93.